The fourth-order valence-electron chi connectivity index (χ4n) is 2.02. The van der Waals surface area contributed by atoms with Gasteiger partial charge in [-0.25, -0.2) is 0 Å². The van der Waals surface area contributed by atoms with Crippen LogP contribution in [0.4, 0.5) is 0 Å². The van der Waals surface area contributed by atoms with Crippen LogP contribution in [0.1, 0.15) is 24.5 Å². The predicted molar refractivity (Wildman–Crippen MR) is 65.7 cm³/mol. The molecule has 0 radical (unpaired) electrons. The average molecular weight is 234 g/mol. The first kappa shape index (κ1) is 13.4. The van der Waals surface area contributed by atoms with Crippen LogP contribution in [0.5, 0.6) is 0 Å². The van der Waals surface area contributed by atoms with E-state index in [1.165, 1.54) is 11.1 Å². The molecule has 0 heterocycles. The molecule has 2 rings (SSSR count). The fraction of sp³-hybridized carbons (Fsp3) is 0.429. The fourth-order valence-corrected chi connectivity index (χ4v) is 2.02. The van der Waals surface area contributed by atoms with Crippen LogP contribution in [0, 0.1) is 5.92 Å². The maximum atomic E-state index is 10.3. The number of carbonyl (C=O) groups is 2. The largest absolute Gasteiger partial charge is 0.468 e. The summed E-state index contributed by atoms with van der Waals surface area (Å²) in [5, 5.41) is 0. The topological polar surface area (TPSA) is 43.4 Å². The molecule has 0 atom stereocenters. The molecule has 17 heavy (non-hydrogen) atoms. The minimum Gasteiger partial charge on any atom is -0.468 e. The lowest BCUT2D eigenvalue weighted by Crippen LogP contribution is -1.99. The second-order valence-electron chi connectivity index (χ2n) is 4.00. The van der Waals surface area contributed by atoms with E-state index in [4.69, 9.17) is 0 Å². The molecular weight excluding hydrogens is 216 g/mol. The smallest absolute Gasteiger partial charge is 0.293 e. The number of fused-ring (bicyclic) bond motifs is 1. The molecule has 0 fully saturated rings. The third kappa shape index (κ3) is 4.39. The van der Waals surface area contributed by atoms with Crippen molar-refractivity contribution < 1.29 is 14.3 Å². The Morgan fingerprint density at radius 2 is 1.82 bits per heavy atom. The summed E-state index contributed by atoms with van der Waals surface area (Å²) < 4.78 is 4.15. The van der Waals surface area contributed by atoms with E-state index in [1.54, 1.807) is 6.92 Å². The Bertz CT molecular complexity index is 335. The first-order chi connectivity index (χ1) is 8.31. The van der Waals surface area contributed by atoms with Crippen molar-refractivity contribution in [2.45, 2.75) is 26.2 Å². The second-order valence-corrected chi connectivity index (χ2v) is 4.00. The zero-order valence-electron chi connectivity index (χ0n) is 10.1. The number of aldehydes is 1. The Hall–Kier alpha value is -1.64. The normalized spacial score (nSPS) is 13.2. The van der Waals surface area contributed by atoms with Gasteiger partial charge in [0.25, 0.3) is 6.47 Å². The summed E-state index contributed by atoms with van der Waals surface area (Å²) in [7, 11) is 0. The van der Waals surface area contributed by atoms with Crippen LogP contribution in [0.3, 0.4) is 0 Å². The van der Waals surface area contributed by atoms with E-state index in [9.17, 15) is 9.59 Å². The number of ether oxygens (including phenoxy) is 1. The molecule has 1 aliphatic rings. The lowest BCUT2D eigenvalue weighted by Gasteiger charge is -2.00. The lowest BCUT2D eigenvalue weighted by atomic mass is 10.0. The molecule has 0 saturated carbocycles. The van der Waals surface area contributed by atoms with Gasteiger partial charge in [-0.05, 0) is 36.8 Å². The van der Waals surface area contributed by atoms with Crippen LogP contribution in [-0.4, -0.2) is 19.4 Å². The van der Waals surface area contributed by atoms with Crippen molar-refractivity contribution >= 4 is 12.8 Å². The highest BCUT2D eigenvalue weighted by molar-refractivity contribution is 5.50. The summed E-state index contributed by atoms with van der Waals surface area (Å²) in [5.41, 5.74) is 2.87. The Morgan fingerprint density at radius 1 is 1.24 bits per heavy atom. The third-order valence-electron chi connectivity index (χ3n) is 2.80. The van der Waals surface area contributed by atoms with Crippen LogP contribution in [0.2, 0.25) is 0 Å². The number of benzene rings is 1. The molecule has 0 spiro atoms. The molecule has 3 heteroatoms. The first-order valence-corrected chi connectivity index (χ1v) is 5.87. The van der Waals surface area contributed by atoms with E-state index >= 15 is 0 Å². The van der Waals surface area contributed by atoms with Crippen molar-refractivity contribution in [1.82, 2.24) is 0 Å². The lowest BCUT2D eigenvalue weighted by molar-refractivity contribution is -0.128. The minimum atomic E-state index is 0.431. The molecule has 1 aromatic rings. The molecule has 0 N–H and O–H groups in total. The minimum absolute atomic E-state index is 0.431. The average Bonchev–Trinajstić information content (AvgIpc) is 2.73. The van der Waals surface area contributed by atoms with Gasteiger partial charge in [0.15, 0.2) is 0 Å². The Labute approximate surface area is 102 Å². The van der Waals surface area contributed by atoms with Crippen molar-refractivity contribution in [3.63, 3.8) is 0 Å². The number of carbonyl (C=O) groups excluding carboxylic acids is 2. The Balaban J connectivity index is 0.000000249. The van der Waals surface area contributed by atoms with Gasteiger partial charge in [0, 0.05) is 6.42 Å². The van der Waals surface area contributed by atoms with Crippen molar-refractivity contribution in [2.75, 3.05) is 6.61 Å². The summed E-state index contributed by atoms with van der Waals surface area (Å²) in [6.45, 7) is 2.66. The quantitative estimate of drug-likeness (QED) is 0.750. The molecule has 0 saturated heterocycles. The molecule has 0 aliphatic heterocycles. The van der Waals surface area contributed by atoms with E-state index in [0.29, 0.717) is 25.4 Å². The van der Waals surface area contributed by atoms with Gasteiger partial charge < -0.3 is 9.53 Å². The van der Waals surface area contributed by atoms with Crippen molar-refractivity contribution in [1.29, 1.82) is 0 Å². The SMILES string of the molecule is CCOC=O.O=CCC1Cc2ccccc2C1. The summed E-state index contributed by atoms with van der Waals surface area (Å²) in [5.74, 6) is 0.569. The zero-order valence-corrected chi connectivity index (χ0v) is 10.1. The standard InChI is InChI=1S/C11H12O.C3H6O2/c12-6-5-9-7-10-3-1-2-4-11(10)8-9;1-2-5-3-4/h1-4,6,9H,5,7-8H2;3H,2H2,1H3. The molecule has 92 valence electrons. The highest BCUT2D eigenvalue weighted by Crippen LogP contribution is 2.27. The van der Waals surface area contributed by atoms with Crippen molar-refractivity contribution in [3.8, 4) is 0 Å². The molecule has 0 amide bonds. The maximum absolute atomic E-state index is 10.3. The number of hydrogen-bond donors (Lipinski definition) is 0. The van der Waals surface area contributed by atoms with E-state index < -0.39 is 0 Å². The van der Waals surface area contributed by atoms with E-state index in [2.05, 4.69) is 29.0 Å². The predicted octanol–water partition coefficient (Wildman–Crippen LogP) is 2.17. The van der Waals surface area contributed by atoms with Gasteiger partial charge >= 0.3 is 0 Å². The second kappa shape index (κ2) is 7.60. The van der Waals surface area contributed by atoms with E-state index in [1.807, 2.05) is 0 Å². The Morgan fingerprint density at radius 3 is 2.18 bits per heavy atom. The van der Waals surface area contributed by atoms with Gasteiger partial charge in [-0.15, -0.1) is 0 Å². The van der Waals surface area contributed by atoms with Crippen LogP contribution < -0.4 is 0 Å². The van der Waals surface area contributed by atoms with Gasteiger partial charge in [0.05, 0.1) is 6.61 Å². The van der Waals surface area contributed by atoms with Crippen LogP contribution >= 0.6 is 0 Å². The summed E-state index contributed by atoms with van der Waals surface area (Å²) in [6.07, 6.45) is 3.94. The maximum Gasteiger partial charge on any atom is 0.293 e. The van der Waals surface area contributed by atoms with Crippen LogP contribution in [0.25, 0.3) is 0 Å². The van der Waals surface area contributed by atoms with Gasteiger partial charge in [0.2, 0.25) is 0 Å². The Kier molecular flexibility index (Phi) is 6.00. The molecule has 3 nitrogen and oxygen atoms in total. The van der Waals surface area contributed by atoms with Crippen LogP contribution in [-0.2, 0) is 27.2 Å². The molecular formula is C14H18O3. The van der Waals surface area contributed by atoms with Gasteiger partial charge in [-0.1, -0.05) is 24.3 Å². The first-order valence-electron chi connectivity index (χ1n) is 5.87. The van der Waals surface area contributed by atoms with Gasteiger partial charge in [-0.3, -0.25) is 4.79 Å². The van der Waals surface area contributed by atoms with E-state index in [0.717, 1.165) is 19.1 Å². The third-order valence-corrected chi connectivity index (χ3v) is 2.80. The highest BCUT2D eigenvalue weighted by Gasteiger charge is 2.19. The summed E-state index contributed by atoms with van der Waals surface area (Å²) >= 11 is 0. The van der Waals surface area contributed by atoms with E-state index in [-0.39, 0.29) is 0 Å². The monoisotopic (exact) mass is 234 g/mol. The molecule has 0 bridgehead atoms. The zero-order chi connectivity index (χ0) is 12.5. The van der Waals surface area contributed by atoms with Crippen molar-refractivity contribution in [2.24, 2.45) is 5.92 Å². The van der Waals surface area contributed by atoms with Crippen LogP contribution in [0.15, 0.2) is 24.3 Å². The van der Waals surface area contributed by atoms with Crippen molar-refractivity contribution in [3.05, 3.63) is 35.4 Å². The summed E-state index contributed by atoms with van der Waals surface area (Å²) in [4.78, 5) is 19.5. The number of hydrogen-bond acceptors (Lipinski definition) is 3. The highest BCUT2D eigenvalue weighted by atomic mass is 16.5. The van der Waals surface area contributed by atoms with Gasteiger partial charge in [0.1, 0.15) is 6.29 Å². The molecule has 1 aromatic carbocycles. The summed E-state index contributed by atoms with van der Waals surface area (Å²) in [6, 6.07) is 8.48. The number of rotatable bonds is 4. The molecule has 1 aliphatic carbocycles. The molecule has 0 unspecified atom stereocenters. The molecule has 0 aromatic heterocycles. The van der Waals surface area contributed by atoms with Gasteiger partial charge in [-0.2, -0.15) is 0 Å².